The van der Waals surface area contributed by atoms with Gasteiger partial charge in [0.1, 0.15) is 0 Å². The second-order valence-electron chi connectivity index (χ2n) is 2.48. The Morgan fingerprint density at radius 3 is 2.83 bits per heavy atom. The highest BCUT2D eigenvalue weighted by atomic mass is 16.5. The number of carbonyl (C=O) groups is 1. The molecule has 0 amide bonds. The summed E-state index contributed by atoms with van der Waals surface area (Å²) in [5.74, 6) is -0.397. The van der Waals surface area contributed by atoms with E-state index in [1.807, 2.05) is 0 Å². The van der Waals surface area contributed by atoms with Crippen LogP contribution < -0.4 is 0 Å². The molecule has 0 spiro atoms. The highest BCUT2D eigenvalue weighted by molar-refractivity contribution is 5.72. The lowest BCUT2D eigenvalue weighted by Crippen LogP contribution is -2.19. The molecule has 0 radical (unpaired) electrons. The second kappa shape index (κ2) is 6.85. The monoisotopic (exact) mass is 172 g/mol. The van der Waals surface area contributed by atoms with Gasteiger partial charge in [-0.1, -0.05) is 6.08 Å². The van der Waals surface area contributed by atoms with E-state index in [0.29, 0.717) is 19.8 Å². The van der Waals surface area contributed by atoms with E-state index < -0.39 is 0 Å². The molecule has 1 unspecified atom stereocenters. The third kappa shape index (κ3) is 4.91. The molecule has 0 heterocycles. The molecule has 1 atom stereocenters. The average molecular weight is 172 g/mol. The van der Waals surface area contributed by atoms with Crippen molar-refractivity contribution in [3.05, 3.63) is 12.7 Å². The van der Waals surface area contributed by atoms with Crippen LogP contribution in [-0.2, 0) is 14.3 Å². The molecule has 3 heteroatoms. The standard InChI is InChI=1S/C9H16O3/c1-4-6-11-7-8(3)9(10)12-5-2/h4,8H,1,5-7H2,2-3H3. The molecule has 0 saturated heterocycles. The Labute approximate surface area is 73.4 Å². The van der Waals surface area contributed by atoms with E-state index in [1.54, 1.807) is 19.9 Å². The van der Waals surface area contributed by atoms with Crippen LogP contribution in [0.15, 0.2) is 12.7 Å². The Balaban J connectivity index is 3.49. The Bertz CT molecular complexity index is 143. The van der Waals surface area contributed by atoms with Crippen LogP contribution in [0.25, 0.3) is 0 Å². The molecule has 0 aromatic rings. The van der Waals surface area contributed by atoms with Gasteiger partial charge in [-0.25, -0.2) is 0 Å². The van der Waals surface area contributed by atoms with Gasteiger partial charge in [0.15, 0.2) is 0 Å². The van der Waals surface area contributed by atoms with Gasteiger partial charge < -0.3 is 9.47 Å². The Morgan fingerprint density at radius 1 is 1.67 bits per heavy atom. The van der Waals surface area contributed by atoms with Crippen molar-refractivity contribution in [3.63, 3.8) is 0 Å². The number of ether oxygens (including phenoxy) is 2. The van der Waals surface area contributed by atoms with Gasteiger partial charge in [-0.05, 0) is 13.8 Å². The van der Waals surface area contributed by atoms with Gasteiger partial charge in [-0.15, -0.1) is 6.58 Å². The van der Waals surface area contributed by atoms with E-state index in [-0.39, 0.29) is 11.9 Å². The SMILES string of the molecule is C=CCOCC(C)C(=O)OCC. The van der Waals surface area contributed by atoms with Gasteiger partial charge in [-0.2, -0.15) is 0 Å². The predicted octanol–water partition coefficient (Wildman–Crippen LogP) is 1.39. The molecular formula is C9H16O3. The van der Waals surface area contributed by atoms with E-state index >= 15 is 0 Å². The first kappa shape index (κ1) is 11.2. The van der Waals surface area contributed by atoms with Gasteiger partial charge in [0.25, 0.3) is 0 Å². The van der Waals surface area contributed by atoms with Crippen molar-refractivity contribution in [2.45, 2.75) is 13.8 Å². The third-order valence-electron chi connectivity index (χ3n) is 1.29. The molecule has 3 nitrogen and oxygen atoms in total. The maximum Gasteiger partial charge on any atom is 0.310 e. The van der Waals surface area contributed by atoms with E-state index in [0.717, 1.165) is 0 Å². The smallest absolute Gasteiger partial charge is 0.310 e. The Kier molecular flexibility index (Phi) is 6.38. The molecule has 12 heavy (non-hydrogen) atoms. The maximum atomic E-state index is 11.0. The number of hydrogen-bond acceptors (Lipinski definition) is 3. The predicted molar refractivity (Wildman–Crippen MR) is 46.8 cm³/mol. The van der Waals surface area contributed by atoms with Gasteiger partial charge in [0, 0.05) is 0 Å². The average Bonchev–Trinajstić information content (AvgIpc) is 2.05. The quantitative estimate of drug-likeness (QED) is 0.345. The van der Waals surface area contributed by atoms with Crippen molar-refractivity contribution in [1.29, 1.82) is 0 Å². The molecule has 0 aromatic heterocycles. The van der Waals surface area contributed by atoms with Gasteiger partial charge >= 0.3 is 5.97 Å². The largest absolute Gasteiger partial charge is 0.466 e. The summed E-state index contributed by atoms with van der Waals surface area (Å²) >= 11 is 0. The fraction of sp³-hybridized carbons (Fsp3) is 0.667. The van der Waals surface area contributed by atoms with Crippen molar-refractivity contribution in [2.75, 3.05) is 19.8 Å². The fourth-order valence-electron chi connectivity index (χ4n) is 0.681. The summed E-state index contributed by atoms with van der Waals surface area (Å²) in [4.78, 5) is 11.0. The summed E-state index contributed by atoms with van der Waals surface area (Å²) in [6, 6.07) is 0. The zero-order valence-corrected chi connectivity index (χ0v) is 7.71. The minimum absolute atomic E-state index is 0.190. The third-order valence-corrected chi connectivity index (χ3v) is 1.29. The molecule has 70 valence electrons. The normalized spacial score (nSPS) is 12.2. The van der Waals surface area contributed by atoms with Crippen molar-refractivity contribution in [3.8, 4) is 0 Å². The molecule has 0 saturated carbocycles. The van der Waals surface area contributed by atoms with Crippen LogP contribution in [-0.4, -0.2) is 25.8 Å². The highest BCUT2D eigenvalue weighted by Crippen LogP contribution is 1.99. The van der Waals surface area contributed by atoms with Crippen LogP contribution in [0.3, 0.4) is 0 Å². The molecule has 0 rings (SSSR count). The van der Waals surface area contributed by atoms with E-state index in [9.17, 15) is 4.79 Å². The first-order valence-electron chi connectivity index (χ1n) is 4.07. The molecule has 0 bridgehead atoms. The number of carbonyl (C=O) groups excluding carboxylic acids is 1. The zero-order valence-electron chi connectivity index (χ0n) is 7.71. The van der Waals surface area contributed by atoms with Crippen LogP contribution in [0.5, 0.6) is 0 Å². The van der Waals surface area contributed by atoms with Crippen molar-refractivity contribution in [1.82, 2.24) is 0 Å². The summed E-state index contributed by atoms with van der Waals surface area (Å²) in [7, 11) is 0. The van der Waals surface area contributed by atoms with Crippen LogP contribution >= 0.6 is 0 Å². The van der Waals surface area contributed by atoms with Crippen molar-refractivity contribution < 1.29 is 14.3 Å². The van der Waals surface area contributed by atoms with E-state index in [4.69, 9.17) is 9.47 Å². The Hall–Kier alpha value is -0.830. The molecule has 0 aliphatic rings. The van der Waals surface area contributed by atoms with E-state index in [1.165, 1.54) is 0 Å². The number of rotatable bonds is 6. The molecule has 0 aliphatic carbocycles. The minimum Gasteiger partial charge on any atom is -0.466 e. The second-order valence-corrected chi connectivity index (χ2v) is 2.48. The number of hydrogen-bond donors (Lipinski definition) is 0. The summed E-state index contributed by atoms with van der Waals surface area (Å²) in [6.07, 6.45) is 1.65. The minimum atomic E-state index is -0.207. The van der Waals surface area contributed by atoms with Gasteiger partial charge in [-0.3, -0.25) is 4.79 Å². The van der Waals surface area contributed by atoms with Crippen LogP contribution in [0.4, 0.5) is 0 Å². The van der Waals surface area contributed by atoms with Crippen molar-refractivity contribution in [2.24, 2.45) is 5.92 Å². The lowest BCUT2D eigenvalue weighted by molar-refractivity contribution is -0.149. The van der Waals surface area contributed by atoms with Gasteiger partial charge in [0.05, 0.1) is 25.7 Å². The van der Waals surface area contributed by atoms with Gasteiger partial charge in [0.2, 0.25) is 0 Å². The topological polar surface area (TPSA) is 35.5 Å². The molecule has 0 fully saturated rings. The summed E-state index contributed by atoms with van der Waals surface area (Å²) in [5, 5.41) is 0. The first-order chi connectivity index (χ1) is 5.72. The lowest BCUT2D eigenvalue weighted by Gasteiger charge is -2.09. The summed E-state index contributed by atoms with van der Waals surface area (Å²) in [6.45, 7) is 8.35. The summed E-state index contributed by atoms with van der Waals surface area (Å²) in [5.41, 5.74) is 0. The zero-order chi connectivity index (χ0) is 9.40. The number of esters is 1. The van der Waals surface area contributed by atoms with Crippen LogP contribution in [0, 0.1) is 5.92 Å². The van der Waals surface area contributed by atoms with E-state index in [2.05, 4.69) is 6.58 Å². The van der Waals surface area contributed by atoms with Crippen LogP contribution in [0.1, 0.15) is 13.8 Å². The van der Waals surface area contributed by atoms with Crippen LogP contribution in [0.2, 0.25) is 0 Å². The molecule has 0 N–H and O–H groups in total. The molecule has 0 aromatic carbocycles. The molecular weight excluding hydrogens is 156 g/mol. The summed E-state index contributed by atoms with van der Waals surface area (Å²) < 4.78 is 9.88. The molecule has 0 aliphatic heterocycles. The first-order valence-corrected chi connectivity index (χ1v) is 4.07. The lowest BCUT2D eigenvalue weighted by atomic mass is 10.2. The maximum absolute atomic E-state index is 11.0. The Morgan fingerprint density at radius 2 is 2.33 bits per heavy atom. The highest BCUT2D eigenvalue weighted by Gasteiger charge is 2.12. The fourth-order valence-corrected chi connectivity index (χ4v) is 0.681. The van der Waals surface area contributed by atoms with Crippen molar-refractivity contribution >= 4 is 5.97 Å².